The molecule has 0 radical (unpaired) electrons. The molecule has 1 aliphatic rings. The van der Waals surface area contributed by atoms with E-state index < -0.39 is 10.2 Å². The third-order valence-corrected chi connectivity index (χ3v) is 4.25. The summed E-state index contributed by atoms with van der Waals surface area (Å²) in [5.41, 5.74) is 0.766. The highest BCUT2D eigenvalue weighted by molar-refractivity contribution is 7.87. The van der Waals surface area contributed by atoms with Crippen molar-refractivity contribution in [1.29, 1.82) is 0 Å². The Kier molecular flexibility index (Phi) is 3.27. The summed E-state index contributed by atoms with van der Waals surface area (Å²) in [5, 5.41) is 3.60. The van der Waals surface area contributed by atoms with Crippen molar-refractivity contribution < 1.29 is 12.9 Å². The summed E-state index contributed by atoms with van der Waals surface area (Å²) < 4.78 is 32.5. The van der Waals surface area contributed by atoms with E-state index in [0.29, 0.717) is 18.8 Å². The van der Waals surface area contributed by atoms with Crippen LogP contribution < -0.4 is 4.72 Å². The average molecular weight is 245 g/mol. The van der Waals surface area contributed by atoms with E-state index in [1.165, 1.54) is 10.5 Å². The van der Waals surface area contributed by atoms with Gasteiger partial charge in [-0.3, -0.25) is 0 Å². The maximum absolute atomic E-state index is 11.8. The maximum atomic E-state index is 11.8. The van der Waals surface area contributed by atoms with Crippen LogP contribution in [0.3, 0.4) is 0 Å². The predicted molar refractivity (Wildman–Crippen MR) is 57.8 cm³/mol. The number of hydrogen-bond acceptors (Lipinski definition) is 4. The number of nitrogens with zero attached hydrogens (tertiary/aromatic N) is 2. The van der Waals surface area contributed by atoms with Crippen molar-refractivity contribution in [3.05, 3.63) is 17.5 Å². The van der Waals surface area contributed by atoms with Gasteiger partial charge in [0.05, 0.1) is 6.20 Å². The Morgan fingerprint density at radius 3 is 2.75 bits per heavy atom. The number of hydrogen-bond donors (Lipinski definition) is 1. The van der Waals surface area contributed by atoms with E-state index in [2.05, 4.69) is 9.88 Å². The fraction of sp³-hybridized carbons (Fsp3) is 0.667. The molecule has 0 amide bonds. The number of nitrogens with one attached hydrogen (secondary N) is 1. The Hall–Kier alpha value is -0.920. The fourth-order valence-corrected chi connectivity index (χ4v) is 2.94. The molecule has 0 atom stereocenters. The Bertz CT molecular complexity index is 448. The second-order valence-electron chi connectivity index (χ2n) is 3.84. The molecule has 7 heteroatoms. The van der Waals surface area contributed by atoms with E-state index in [-0.39, 0.29) is 6.54 Å². The van der Waals surface area contributed by atoms with Crippen LogP contribution in [0, 0.1) is 6.92 Å². The molecule has 2 rings (SSSR count). The Labute approximate surface area is 94.8 Å². The summed E-state index contributed by atoms with van der Waals surface area (Å²) in [4.78, 5) is 0. The normalized spacial score (nSPS) is 18.1. The molecule has 1 aromatic rings. The van der Waals surface area contributed by atoms with Crippen LogP contribution in [0.5, 0.6) is 0 Å². The van der Waals surface area contributed by atoms with E-state index in [9.17, 15) is 8.42 Å². The topological polar surface area (TPSA) is 75.4 Å². The predicted octanol–water partition coefficient (Wildman–Crippen LogP) is 0.413. The highest BCUT2D eigenvalue weighted by Gasteiger charge is 2.24. The van der Waals surface area contributed by atoms with Gasteiger partial charge >= 0.3 is 0 Å². The summed E-state index contributed by atoms with van der Waals surface area (Å²) in [6.07, 6.45) is 3.41. The fourth-order valence-electron chi connectivity index (χ4n) is 1.68. The molecule has 0 spiro atoms. The molecule has 0 saturated carbocycles. The van der Waals surface area contributed by atoms with Gasteiger partial charge in [-0.05, 0) is 19.8 Å². The first-order chi connectivity index (χ1) is 7.59. The third-order valence-electron chi connectivity index (χ3n) is 2.70. The second-order valence-corrected chi connectivity index (χ2v) is 5.59. The van der Waals surface area contributed by atoms with Crippen molar-refractivity contribution in [3.8, 4) is 0 Å². The van der Waals surface area contributed by atoms with E-state index >= 15 is 0 Å². The quantitative estimate of drug-likeness (QED) is 0.833. The Balaban J connectivity index is 1.97. The van der Waals surface area contributed by atoms with Crippen LogP contribution in [0.4, 0.5) is 0 Å². The summed E-state index contributed by atoms with van der Waals surface area (Å²) in [7, 11) is -3.34. The summed E-state index contributed by atoms with van der Waals surface area (Å²) in [6, 6.07) is 0. The zero-order valence-electron chi connectivity index (χ0n) is 9.14. The molecule has 1 fully saturated rings. The minimum Gasteiger partial charge on any atom is -0.361 e. The van der Waals surface area contributed by atoms with Gasteiger partial charge in [-0.15, -0.1) is 0 Å². The minimum absolute atomic E-state index is 0.230. The number of rotatable bonds is 4. The summed E-state index contributed by atoms with van der Waals surface area (Å²) >= 11 is 0. The average Bonchev–Trinajstić information content (AvgIpc) is 2.85. The van der Waals surface area contributed by atoms with E-state index in [1.807, 2.05) is 0 Å². The van der Waals surface area contributed by atoms with Crippen molar-refractivity contribution in [2.24, 2.45) is 0 Å². The van der Waals surface area contributed by atoms with Gasteiger partial charge in [-0.25, -0.2) is 0 Å². The third kappa shape index (κ3) is 2.42. The van der Waals surface area contributed by atoms with Gasteiger partial charge < -0.3 is 4.52 Å². The standard InChI is InChI=1S/C9H15N3O3S/c1-8-9(6-10-15-8)7-11-16(13,14)12-4-2-3-5-12/h6,11H,2-5,7H2,1H3. The molecule has 1 N–H and O–H groups in total. The Morgan fingerprint density at radius 1 is 1.50 bits per heavy atom. The molecule has 90 valence electrons. The zero-order valence-corrected chi connectivity index (χ0v) is 9.96. The van der Waals surface area contributed by atoms with E-state index in [4.69, 9.17) is 4.52 Å². The molecular weight excluding hydrogens is 230 g/mol. The SMILES string of the molecule is Cc1oncc1CNS(=O)(=O)N1CCCC1. The molecule has 0 aliphatic carbocycles. The minimum atomic E-state index is -3.34. The summed E-state index contributed by atoms with van der Waals surface area (Å²) in [6.45, 7) is 3.20. The lowest BCUT2D eigenvalue weighted by atomic mass is 10.3. The largest absolute Gasteiger partial charge is 0.361 e. The van der Waals surface area contributed by atoms with Crippen LogP contribution in [0.25, 0.3) is 0 Å². The lowest BCUT2D eigenvalue weighted by molar-refractivity contribution is 0.396. The van der Waals surface area contributed by atoms with Gasteiger partial charge in [-0.1, -0.05) is 5.16 Å². The van der Waals surface area contributed by atoms with Crippen molar-refractivity contribution in [2.75, 3.05) is 13.1 Å². The lowest BCUT2D eigenvalue weighted by Crippen LogP contribution is -2.38. The Morgan fingerprint density at radius 2 is 2.19 bits per heavy atom. The van der Waals surface area contributed by atoms with Crippen molar-refractivity contribution in [1.82, 2.24) is 14.2 Å². The molecule has 0 aromatic carbocycles. The van der Waals surface area contributed by atoms with Crippen molar-refractivity contribution in [3.63, 3.8) is 0 Å². The molecule has 1 aliphatic heterocycles. The van der Waals surface area contributed by atoms with Gasteiger partial charge in [0, 0.05) is 25.2 Å². The summed E-state index contributed by atoms with van der Waals surface area (Å²) in [5.74, 6) is 0.643. The van der Waals surface area contributed by atoms with Gasteiger partial charge in [-0.2, -0.15) is 17.4 Å². The monoisotopic (exact) mass is 245 g/mol. The highest BCUT2D eigenvalue weighted by atomic mass is 32.2. The molecule has 16 heavy (non-hydrogen) atoms. The molecular formula is C9H15N3O3S. The number of aryl methyl sites for hydroxylation is 1. The van der Waals surface area contributed by atoms with Gasteiger partial charge in [0.25, 0.3) is 10.2 Å². The van der Waals surface area contributed by atoms with Crippen LogP contribution >= 0.6 is 0 Å². The highest BCUT2D eigenvalue weighted by Crippen LogP contribution is 2.12. The second kappa shape index (κ2) is 4.52. The van der Waals surface area contributed by atoms with Crippen molar-refractivity contribution in [2.45, 2.75) is 26.3 Å². The first-order valence-corrected chi connectivity index (χ1v) is 6.68. The van der Waals surface area contributed by atoms with Crippen molar-refractivity contribution >= 4 is 10.2 Å². The lowest BCUT2D eigenvalue weighted by Gasteiger charge is -2.15. The zero-order chi connectivity index (χ0) is 11.6. The smallest absolute Gasteiger partial charge is 0.279 e. The van der Waals surface area contributed by atoms with Gasteiger partial charge in [0.2, 0.25) is 0 Å². The van der Waals surface area contributed by atoms with Crippen LogP contribution in [0.15, 0.2) is 10.7 Å². The molecule has 1 aromatic heterocycles. The molecule has 0 bridgehead atoms. The number of aromatic nitrogens is 1. The molecule has 1 saturated heterocycles. The van der Waals surface area contributed by atoms with Gasteiger partial charge in [0.1, 0.15) is 5.76 Å². The first-order valence-electron chi connectivity index (χ1n) is 5.24. The van der Waals surface area contributed by atoms with E-state index in [1.54, 1.807) is 6.92 Å². The first kappa shape index (κ1) is 11.6. The van der Waals surface area contributed by atoms with Crippen LogP contribution in [0.1, 0.15) is 24.2 Å². The molecule has 6 nitrogen and oxygen atoms in total. The molecule has 2 heterocycles. The molecule has 0 unspecified atom stereocenters. The van der Waals surface area contributed by atoms with Crippen LogP contribution in [-0.2, 0) is 16.8 Å². The maximum Gasteiger partial charge on any atom is 0.279 e. The van der Waals surface area contributed by atoms with Crippen LogP contribution in [0.2, 0.25) is 0 Å². The van der Waals surface area contributed by atoms with E-state index in [0.717, 1.165) is 18.4 Å². The van der Waals surface area contributed by atoms with Gasteiger partial charge in [0.15, 0.2) is 0 Å². The van der Waals surface area contributed by atoms with Crippen LogP contribution in [-0.4, -0.2) is 31.0 Å².